The van der Waals surface area contributed by atoms with Crippen LogP contribution in [0.2, 0.25) is 0 Å². The second-order valence-corrected chi connectivity index (χ2v) is 3.37. The summed E-state index contributed by atoms with van der Waals surface area (Å²) >= 11 is 0. The molecule has 0 saturated heterocycles. The number of nitrogens with one attached hydrogen (secondary N) is 1. The first-order valence-electron chi connectivity index (χ1n) is 4.67. The maximum atomic E-state index is 8.82. The highest BCUT2D eigenvalue weighted by molar-refractivity contribution is 5.52. The fraction of sp³-hybridized carbons (Fsp3) is 0.300. The predicted octanol–water partition coefficient (Wildman–Crippen LogP) is 0.666. The molecule has 0 amide bonds. The van der Waals surface area contributed by atoms with E-state index in [1.165, 1.54) is 0 Å². The molecule has 6 nitrogen and oxygen atoms in total. The SMILES string of the molecule is N#Cc1nc(NC2CC2)nc(C#N)c1C#N. The van der Waals surface area contributed by atoms with Gasteiger partial charge in [0, 0.05) is 6.04 Å². The Hall–Kier alpha value is -2.65. The van der Waals surface area contributed by atoms with Crippen molar-refractivity contribution in [3.8, 4) is 18.2 Å². The number of anilines is 1. The van der Waals surface area contributed by atoms with Gasteiger partial charge in [0.15, 0.2) is 11.4 Å². The zero-order chi connectivity index (χ0) is 11.5. The first kappa shape index (κ1) is 9.89. The summed E-state index contributed by atoms with van der Waals surface area (Å²) in [5.41, 5.74) is -0.180. The molecule has 1 saturated carbocycles. The molecule has 1 aromatic heterocycles. The van der Waals surface area contributed by atoms with Crippen molar-refractivity contribution >= 4 is 5.95 Å². The minimum absolute atomic E-state index is 0.0581. The van der Waals surface area contributed by atoms with Crippen molar-refractivity contribution in [1.29, 1.82) is 15.8 Å². The standard InChI is InChI=1S/C10H6N6/c11-3-7-8(4-12)15-10(14-6-1-2-6)16-9(7)5-13/h6H,1-2H2,(H,14,15,16). The molecule has 0 spiro atoms. The molecule has 0 atom stereocenters. The summed E-state index contributed by atoms with van der Waals surface area (Å²) in [5.74, 6) is 0.245. The van der Waals surface area contributed by atoms with E-state index in [0.717, 1.165) is 12.8 Å². The van der Waals surface area contributed by atoms with E-state index in [2.05, 4.69) is 15.3 Å². The lowest BCUT2D eigenvalue weighted by Crippen LogP contribution is -2.09. The Morgan fingerprint density at radius 2 is 1.56 bits per heavy atom. The second-order valence-electron chi connectivity index (χ2n) is 3.37. The van der Waals surface area contributed by atoms with E-state index in [1.54, 1.807) is 18.2 Å². The van der Waals surface area contributed by atoms with Crippen LogP contribution < -0.4 is 5.32 Å². The topological polar surface area (TPSA) is 109 Å². The first-order chi connectivity index (χ1) is 7.78. The van der Waals surface area contributed by atoms with Gasteiger partial charge in [0.05, 0.1) is 0 Å². The van der Waals surface area contributed by atoms with Gasteiger partial charge in [-0.15, -0.1) is 0 Å². The molecule has 6 heteroatoms. The highest BCUT2D eigenvalue weighted by Crippen LogP contribution is 2.23. The average Bonchev–Trinajstić information content (AvgIpc) is 3.11. The molecule has 0 aromatic carbocycles. The zero-order valence-corrected chi connectivity index (χ0v) is 8.23. The minimum Gasteiger partial charge on any atom is -0.351 e. The molecule has 1 N–H and O–H groups in total. The Labute approximate surface area is 91.8 Å². The first-order valence-corrected chi connectivity index (χ1v) is 4.67. The van der Waals surface area contributed by atoms with Gasteiger partial charge in [-0.3, -0.25) is 0 Å². The van der Waals surface area contributed by atoms with Crippen LogP contribution in [0.15, 0.2) is 0 Å². The van der Waals surface area contributed by atoms with Gasteiger partial charge in [-0.25, -0.2) is 9.97 Å². The van der Waals surface area contributed by atoms with E-state index in [-0.39, 0.29) is 22.9 Å². The van der Waals surface area contributed by atoms with Gasteiger partial charge in [0.1, 0.15) is 23.8 Å². The second kappa shape index (κ2) is 3.84. The zero-order valence-electron chi connectivity index (χ0n) is 8.23. The number of hydrogen-bond donors (Lipinski definition) is 1. The summed E-state index contributed by atoms with van der Waals surface area (Å²) in [5, 5.41) is 29.4. The molecule has 1 aliphatic rings. The van der Waals surface area contributed by atoms with Gasteiger partial charge < -0.3 is 5.32 Å². The number of nitrogens with zero attached hydrogens (tertiary/aromatic N) is 5. The molecule has 76 valence electrons. The molecular weight excluding hydrogens is 204 g/mol. The number of aromatic nitrogens is 2. The fourth-order valence-electron chi connectivity index (χ4n) is 1.20. The van der Waals surface area contributed by atoms with E-state index in [9.17, 15) is 0 Å². The van der Waals surface area contributed by atoms with E-state index in [1.807, 2.05) is 0 Å². The Balaban J connectivity index is 2.47. The molecule has 1 aliphatic carbocycles. The lowest BCUT2D eigenvalue weighted by Gasteiger charge is -2.03. The summed E-state index contributed by atoms with van der Waals surface area (Å²) in [6.45, 7) is 0. The van der Waals surface area contributed by atoms with Crippen LogP contribution in [0, 0.1) is 34.0 Å². The van der Waals surface area contributed by atoms with Crippen LogP contribution in [0.25, 0.3) is 0 Å². The van der Waals surface area contributed by atoms with Crippen LogP contribution in [0.4, 0.5) is 5.95 Å². The van der Waals surface area contributed by atoms with Crippen LogP contribution in [-0.2, 0) is 0 Å². The van der Waals surface area contributed by atoms with Gasteiger partial charge in [-0.2, -0.15) is 15.8 Å². The Kier molecular flexibility index (Phi) is 2.37. The van der Waals surface area contributed by atoms with Crippen molar-refractivity contribution < 1.29 is 0 Å². The van der Waals surface area contributed by atoms with Crippen LogP contribution in [0.3, 0.4) is 0 Å². The maximum Gasteiger partial charge on any atom is 0.225 e. The number of nitriles is 3. The molecule has 1 aromatic rings. The van der Waals surface area contributed by atoms with E-state index in [4.69, 9.17) is 15.8 Å². The van der Waals surface area contributed by atoms with Crippen LogP contribution in [0.5, 0.6) is 0 Å². The van der Waals surface area contributed by atoms with Gasteiger partial charge in [0.25, 0.3) is 0 Å². The monoisotopic (exact) mass is 210 g/mol. The van der Waals surface area contributed by atoms with Crippen molar-refractivity contribution in [2.45, 2.75) is 18.9 Å². The average molecular weight is 210 g/mol. The van der Waals surface area contributed by atoms with E-state index < -0.39 is 0 Å². The van der Waals surface area contributed by atoms with Crippen molar-refractivity contribution in [2.75, 3.05) is 5.32 Å². The molecule has 1 heterocycles. The number of hydrogen-bond acceptors (Lipinski definition) is 6. The summed E-state index contributed by atoms with van der Waals surface area (Å²) in [4.78, 5) is 7.79. The smallest absolute Gasteiger partial charge is 0.225 e. The third kappa shape index (κ3) is 1.75. The lowest BCUT2D eigenvalue weighted by atomic mass is 10.2. The molecule has 0 radical (unpaired) electrons. The molecular formula is C10H6N6. The maximum absolute atomic E-state index is 8.82. The lowest BCUT2D eigenvalue weighted by molar-refractivity contribution is 1.03. The van der Waals surface area contributed by atoms with Crippen LogP contribution in [-0.4, -0.2) is 16.0 Å². The largest absolute Gasteiger partial charge is 0.351 e. The molecule has 0 bridgehead atoms. The van der Waals surface area contributed by atoms with Gasteiger partial charge in [-0.1, -0.05) is 0 Å². The normalized spacial score (nSPS) is 13.3. The summed E-state index contributed by atoms with van der Waals surface area (Å²) < 4.78 is 0. The summed E-state index contributed by atoms with van der Waals surface area (Å²) in [7, 11) is 0. The molecule has 0 unspecified atom stereocenters. The van der Waals surface area contributed by atoms with Crippen molar-refractivity contribution in [1.82, 2.24) is 9.97 Å². The van der Waals surface area contributed by atoms with Crippen molar-refractivity contribution in [3.05, 3.63) is 17.0 Å². The third-order valence-corrected chi connectivity index (χ3v) is 2.14. The predicted molar refractivity (Wildman–Crippen MR) is 52.8 cm³/mol. The van der Waals surface area contributed by atoms with Crippen molar-refractivity contribution in [3.63, 3.8) is 0 Å². The molecule has 16 heavy (non-hydrogen) atoms. The van der Waals surface area contributed by atoms with Crippen LogP contribution in [0.1, 0.15) is 29.8 Å². The van der Waals surface area contributed by atoms with Gasteiger partial charge >= 0.3 is 0 Å². The van der Waals surface area contributed by atoms with Gasteiger partial charge in [-0.05, 0) is 12.8 Å². The third-order valence-electron chi connectivity index (χ3n) is 2.14. The Morgan fingerprint density at radius 3 is 1.94 bits per heavy atom. The summed E-state index contributed by atoms with van der Waals surface area (Å²) in [6, 6.07) is 5.67. The Bertz CT molecular complexity index is 517. The number of rotatable bonds is 2. The fourth-order valence-corrected chi connectivity index (χ4v) is 1.20. The van der Waals surface area contributed by atoms with Crippen molar-refractivity contribution in [2.24, 2.45) is 0 Å². The highest BCUT2D eigenvalue weighted by atomic mass is 15.1. The molecule has 0 aliphatic heterocycles. The summed E-state index contributed by atoms with van der Waals surface area (Å²) in [6.07, 6.45) is 2.07. The minimum atomic E-state index is -0.0636. The van der Waals surface area contributed by atoms with Crippen LogP contribution >= 0.6 is 0 Å². The highest BCUT2D eigenvalue weighted by Gasteiger charge is 2.23. The molecule has 1 fully saturated rings. The quantitative estimate of drug-likeness (QED) is 0.768. The molecule has 2 rings (SSSR count). The Morgan fingerprint density at radius 1 is 1.00 bits per heavy atom. The van der Waals surface area contributed by atoms with E-state index >= 15 is 0 Å². The van der Waals surface area contributed by atoms with Gasteiger partial charge in [0.2, 0.25) is 5.95 Å². The van der Waals surface area contributed by atoms with E-state index in [0.29, 0.717) is 6.04 Å².